The first-order chi connectivity index (χ1) is 14.7. The number of aliphatic hydroxyl groups excluding tert-OH is 1. The summed E-state index contributed by atoms with van der Waals surface area (Å²) in [5.41, 5.74) is -0.215. The summed E-state index contributed by atoms with van der Waals surface area (Å²) in [6.45, 7) is 3.04. The van der Waals surface area contributed by atoms with Crippen LogP contribution in [0.2, 0.25) is 5.02 Å². The minimum absolute atomic E-state index is 0.0566. The SMILES string of the molecule is O=C(c1ccc(Cl)cc1)N1CCN(C2CN(c3ccc(C(F)(F)F)cn3)C[C@@H]2O)CC1. The molecule has 2 aliphatic rings. The second kappa shape index (κ2) is 8.64. The molecule has 166 valence electrons. The van der Waals surface area contributed by atoms with Crippen molar-refractivity contribution in [1.29, 1.82) is 0 Å². The molecule has 1 amide bonds. The van der Waals surface area contributed by atoms with E-state index in [1.54, 1.807) is 34.1 Å². The average molecular weight is 455 g/mol. The number of β-amino-alcohol motifs (C(OH)–C–C–N with tert-alkyl or cyclic N) is 1. The van der Waals surface area contributed by atoms with Crippen molar-refractivity contribution in [2.24, 2.45) is 0 Å². The van der Waals surface area contributed by atoms with E-state index in [1.807, 2.05) is 0 Å². The molecule has 2 atom stereocenters. The molecule has 0 radical (unpaired) electrons. The maximum absolute atomic E-state index is 12.7. The van der Waals surface area contributed by atoms with E-state index in [0.29, 0.717) is 55.7 Å². The van der Waals surface area contributed by atoms with Gasteiger partial charge in [-0.25, -0.2) is 4.98 Å². The van der Waals surface area contributed by atoms with Crippen molar-refractivity contribution in [3.05, 3.63) is 58.7 Å². The number of hydrogen-bond acceptors (Lipinski definition) is 5. The number of anilines is 1. The van der Waals surface area contributed by atoms with Crippen molar-refractivity contribution >= 4 is 23.3 Å². The molecule has 1 aromatic carbocycles. The van der Waals surface area contributed by atoms with Crippen LogP contribution in [0.5, 0.6) is 0 Å². The number of halogens is 4. The molecule has 10 heteroatoms. The molecule has 2 aromatic rings. The van der Waals surface area contributed by atoms with Gasteiger partial charge in [0.2, 0.25) is 0 Å². The molecule has 2 saturated heterocycles. The first-order valence-corrected chi connectivity index (χ1v) is 10.4. The third kappa shape index (κ3) is 4.78. The van der Waals surface area contributed by atoms with Crippen molar-refractivity contribution in [3.8, 4) is 0 Å². The molecular formula is C21H22ClF3N4O2. The van der Waals surface area contributed by atoms with E-state index in [1.165, 1.54) is 6.07 Å². The summed E-state index contributed by atoms with van der Waals surface area (Å²) in [7, 11) is 0. The molecule has 3 heterocycles. The number of aliphatic hydroxyl groups is 1. The Kier molecular flexibility index (Phi) is 6.09. The summed E-state index contributed by atoms with van der Waals surface area (Å²) < 4.78 is 38.2. The second-order valence-corrected chi connectivity index (χ2v) is 8.21. The van der Waals surface area contributed by atoms with Gasteiger partial charge in [-0.1, -0.05) is 11.6 Å². The van der Waals surface area contributed by atoms with Crippen LogP contribution in [-0.2, 0) is 6.18 Å². The number of pyridine rings is 1. The fraction of sp³-hybridized carbons (Fsp3) is 0.429. The maximum atomic E-state index is 12.7. The van der Waals surface area contributed by atoms with Crippen molar-refractivity contribution in [2.45, 2.75) is 18.3 Å². The zero-order valence-electron chi connectivity index (χ0n) is 16.6. The van der Waals surface area contributed by atoms with Crippen LogP contribution in [0.1, 0.15) is 15.9 Å². The molecule has 0 bridgehead atoms. The number of nitrogens with zero attached hydrogens (tertiary/aromatic N) is 4. The van der Waals surface area contributed by atoms with Crippen molar-refractivity contribution in [2.75, 3.05) is 44.2 Å². The summed E-state index contributed by atoms with van der Waals surface area (Å²) in [6, 6.07) is 8.94. The van der Waals surface area contributed by atoms with E-state index in [4.69, 9.17) is 11.6 Å². The van der Waals surface area contributed by atoms with E-state index in [-0.39, 0.29) is 11.9 Å². The highest BCUT2D eigenvalue weighted by Crippen LogP contribution is 2.30. The Morgan fingerprint density at radius 2 is 1.71 bits per heavy atom. The zero-order valence-corrected chi connectivity index (χ0v) is 17.4. The molecule has 0 saturated carbocycles. The molecule has 31 heavy (non-hydrogen) atoms. The van der Waals surface area contributed by atoms with E-state index in [2.05, 4.69) is 9.88 Å². The van der Waals surface area contributed by atoms with Gasteiger partial charge < -0.3 is 14.9 Å². The Morgan fingerprint density at radius 1 is 1.03 bits per heavy atom. The normalized spacial score (nSPS) is 22.7. The Labute approximate surface area is 182 Å². The van der Waals surface area contributed by atoms with Crippen LogP contribution in [0.3, 0.4) is 0 Å². The van der Waals surface area contributed by atoms with Gasteiger partial charge in [-0.3, -0.25) is 9.69 Å². The molecular weight excluding hydrogens is 433 g/mol. The first kappa shape index (κ1) is 21.9. The van der Waals surface area contributed by atoms with Crippen molar-refractivity contribution in [1.82, 2.24) is 14.8 Å². The monoisotopic (exact) mass is 454 g/mol. The Balaban J connectivity index is 1.35. The van der Waals surface area contributed by atoms with Crippen LogP contribution >= 0.6 is 11.6 Å². The second-order valence-electron chi connectivity index (χ2n) is 7.78. The fourth-order valence-electron chi connectivity index (χ4n) is 4.09. The number of piperazine rings is 1. The Bertz CT molecular complexity index is 916. The molecule has 1 unspecified atom stereocenters. The van der Waals surface area contributed by atoms with Gasteiger partial charge >= 0.3 is 6.18 Å². The number of hydrogen-bond donors (Lipinski definition) is 1. The fourth-order valence-corrected chi connectivity index (χ4v) is 4.21. The number of amides is 1. The molecule has 0 spiro atoms. The molecule has 1 N–H and O–H groups in total. The summed E-state index contributed by atoms with van der Waals surface area (Å²) in [4.78, 5) is 22.3. The number of alkyl halides is 3. The van der Waals surface area contributed by atoms with Gasteiger partial charge in [-0.2, -0.15) is 13.2 Å². The van der Waals surface area contributed by atoms with Gasteiger partial charge in [0.25, 0.3) is 5.91 Å². The summed E-state index contributed by atoms with van der Waals surface area (Å²) in [5, 5.41) is 11.1. The predicted molar refractivity (Wildman–Crippen MR) is 110 cm³/mol. The quantitative estimate of drug-likeness (QED) is 0.773. The predicted octanol–water partition coefficient (Wildman–Crippen LogP) is 2.76. The van der Waals surface area contributed by atoms with Crippen molar-refractivity contribution in [3.63, 3.8) is 0 Å². The van der Waals surface area contributed by atoms with Crippen LogP contribution in [-0.4, -0.2) is 77.2 Å². The van der Waals surface area contributed by atoms with Crippen LogP contribution in [0.25, 0.3) is 0 Å². The van der Waals surface area contributed by atoms with Gasteiger partial charge in [0.05, 0.1) is 17.7 Å². The topological polar surface area (TPSA) is 59.9 Å². The molecule has 1 aromatic heterocycles. The smallest absolute Gasteiger partial charge is 0.390 e. The highest BCUT2D eigenvalue weighted by atomic mass is 35.5. The maximum Gasteiger partial charge on any atom is 0.417 e. The van der Waals surface area contributed by atoms with E-state index >= 15 is 0 Å². The van der Waals surface area contributed by atoms with E-state index in [0.717, 1.165) is 12.3 Å². The molecule has 2 fully saturated rings. The van der Waals surface area contributed by atoms with E-state index in [9.17, 15) is 23.1 Å². The van der Waals surface area contributed by atoms with Crippen LogP contribution in [0, 0.1) is 0 Å². The van der Waals surface area contributed by atoms with Gasteiger partial charge in [-0.15, -0.1) is 0 Å². The Morgan fingerprint density at radius 3 is 2.29 bits per heavy atom. The number of carbonyl (C=O) groups excluding carboxylic acids is 1. The highest BCUT2D eigenvalue weighted by Gasteiger charge is 2.38. The number of benzene rings is 1. The number of rotatable bonds is 3. The molecule has 4 rings (SSSR count). The van der Waals surface area contributed by atoms with Crippen LogP contribution in [0.4, 0.5) is 19.0 Å². The van der Waals surface area contributed by atoms with Gasteiger partial charge in [-0.05, 0) is 36.4 Å². The molecule has 2 aliphatic heterocycles. The van der Waals surface area contributed by atoms with Crippen LogP contribution in [0.15, 0.2) is 42.6 Å². The average Bonchev–Trinajstić information content (AvgIpc) is 3.15. The van der Waals surface area contributed by atoms with Gasteiger partial charge in [0.1, 0.15) is 5.82 Å². The zero-order chi connectivity index (χ0) is 22.2. The minimum atomic E-state index is -4.43. The molecule has 6 nitrogen and oxygen atoms in total. The third-order valence-corrected chi connectivity index (χ3v) is 6.07. The highest BCUT2D eigenvalue weighted by molar-refractivity contribution is 6.30. The standard InChI is InChI=1S/C21H22ClF3N4O2/c22-16-4-1-14(2-5-16)20(31)28-9-7-27(8-10-28)17-12-29(13-18(17)30)19-6-3-15(11-26-19)21(23,24)25/h1-6,11,17-18,30H,7-10,12-13H2/t17?,18-/m0/s1. The number of aromatic nitrogens is 1. The molecule has 0 aliphatic carbocycles. The lowest BCUT2D eigenvalue weighted by Crippen LogP contribution is -2.54. The summed E-state index contributed by atoms with van der Waals surface area (Å²) in [6.07, 6.45) is -4.26. The lowest BCUT2D eigenvalue weighted by Gasteiger charge is -2.38. The first-order valence-electron chi connectivity index (χ1n) is 9.97. The van der Waals surface area contributed by atoms with Gasteiger partial charge in [0.15, 0.2) is 0 Å². The van der Waals surface area contributed by atoms with Gasteiger partial charge in [0, 0.05) is 56.1 Å². The third-order valence-electron chi connectivity index (χ3n) is 5.82. The van der Waals surface area contributed by atoms with Crippen molar-refractivity contribution < 1.29 is 23.1 Å². The summed E-state index contributed by atoms with van der Waals surface area (Å²) in [5.74, 6) is 0.352. The lowest BCUT2D eigenvalue weighted by atomic mass is 10.1. The largest absolute Gasteiger partial charge is 0.417 e. The lowest BCUT2D eigenvalue weighted by molar-refractivity contribution is -0.137. The Hall–Kier alpha value is -2.36. The minimum Gasteiger partial charge on any atom is -0.390 e. The van der Waals surface area contributed by atoms with Crippen LogP contribution < -0.4 is 4.90 Å². The number of carbonyl (C=O) groups is 1. The summed E-state index contributed by atoms with van der Waals surface area (Å²) >= 11 is 5.88. The van der Waals surface area contributed by atoms with E-state index < -0.39 is 17.8 Å².